The number of methoxy groups -OCH3 is 1. The zero-order valence-corrected chi connectivity index (χ0v) is 32.4. The largest absolute Gasteiger partial charge is 0.504 e. The summed E-state index contributed by atoms with van der Waals surface area (Å²) in [6.45, 7) is 7.26. The van der Waals surface area contributed by atoms with Crippen LogP contribution in [0, 0.1) is 13.8 Å². The summed E-state index contributed by atoms with van der Waals surface area (Å²) in [5.74, 6) is 1.05. The molecule has 4 bridgehead atoms. The summed E-state index contributed by atoms with van der Waals surface area (Å²) in [6.07, 6.45) is 0.916. The summed E-state index contributed by atoms with van der Waals surface area (Å²) in [5, 5.41) is 29.5. The Hall–Kier alpha value is -4.47. The second-order valence-electron chi connectivity index (χ2n) is 16.0. The number of piperazine rings is 1. The normalized spacial score (nSPS) is 31.7. The van der Waals surface area contributed by atoms with E-state index in [2.05, 4.69) is 33.1 Å². The van der Waals surface area contributed by atoms with Crippen molar-refractivity contribution < 1.29 is 43.5 Å². The Morgan fingerprint density at radius 2 is 1.87 bits per heavy atom. The summed E-state index contributed by atoms with van der Waals surface area (Å²) < 4.78 is 30.8. The number of benzene rings is 3. The second-order valence-corrected chi connectivity index (χ2v) is 17.2. The molecular formula is C41H44N4O9S. The summed E-state index contributed by atoms with van der Waals surface area (Å²) in [6, 6.07) is 8.28. The molecule has 3 aromatic carbocycles. The van der Waals surface area contributed by atoms with Gasteiger partial charge in [-0.15, -0.1) is 11.8 Å². The third-order valence-electron chi connectivity index (χ3n) is 12.7. The minimum Gasteiger partial charge on any atom is -0.504 e. The highest BCUT2D eigenvalue weighted by molar-refractivity contribution is 7.99. The Morgan fingerprint density at radius 1 is 1.09 bits per heavy atom. The summed E-state index contributed by atoms with van der Waals surface area (Å²) in [4.78, 5) is 35.7. The quantitative estimate of drug-likeness (QED) is 0.167. The molecule has 4 aromatic rings. The fraction of sp³-hybridized carbons (Fsp3) is 0.463. The van der Waals surface area contributed by atoms with Gasteiger partial charge in [0.2, 0.25) is 6.79 Å². The molecule has 9 heterocycles. The number of aliphatic hydroxyl groups is 1. The number of aromatic hydroxyl groups is 1. The molecular weight excluding hydrogens is 725 g/mol. The van der Waals surface area contributed by atoms with Crippen molar-refractivity contribution in [2.24, 2.45) is 0 Å². The number of fused-ring (bicyclic) bond motifs is 8. The van der Waals surface area contributed by atoms with Crippen LogP contribution < -0.4 is 24.3 Å². The number of likely N-dealkylation sites (N-methyl/N-ethyl adjacent to an activating group) is 1. The van der Waals surface area contributed by atoms with Crippen LogP contribution in [0.25, 0.3) is 10.9 Å². The van der Waals surface area contributed by atoms with E-state index in [0.717, 1.165) is 45.3 Å². The first-order valence-electron chi connectivity index (χ1n) is 18.8. The highest BCUT2D eigenvalue weighted by atomic mass is 32.2. The van der Waals surface area contributed by atoms with E-state index in [-0.39, 0.29) is 43.9 Å². The van der Waals surface area contributed by atoms with Crippen LogP contribution in [-0.4, -0.2) is 94.6 Å². The van der Waals surface area contributed by atoms with E-state index in [1.165, 1.54) is 6.92 Å². The van der Waals surface area contributed by atoms with Gasteiger partial charge in [0.05, 0.1) is 30.1 Å². The zero-order chi connectivity index (χ0) is 38.3. The van der Waals surface area contributed by atoms with Crippen molar-refractivity contribution >= 4 is 34.6 Å². The van der Waals surface area contributed by atoms with E-state index in [4.69, 9.17) is 23.7 Å². The molecule has 12 rings (SSSR count). The number of ether oxygens (including phenoxy) is 5. The lowest BCUT2D eigenvalue weighted by atomic mass is 9.78. The van der Waals surface area contributed by atoms with Gasteiger partial charge < -0.3 is 38.9 Å². The first-order chi connectivity index (χ1) is 26.4. The number of nitrogens with one attached hydrogen (secondary N) is 2. The molecule has 2 saturated heterocycles. The van der Waals surface area contributed by atoms with Crippen molar-refractivity contribution in [2.75, 3.05) is 39.9 Å². The van der Waals surface area contributed by atoms with E-state index >= 15 is 0 Å². The van der Waals surface area contributed by atoms with Crippen molar-refractivity contribution in [1.29, 1.82) is 0 Å². The first-order valence-corrected chi connectivity index (χ1v) is 19.8. The van der Waals surface area contributed by atoms with E-state index in [1.807, 2.05) is 45.2 Å². The Morgan fingerprint density at radius 3 is 2.65 bits per heavy atom. The molecule has 8 aliphatic heterocycles. The van der Waals surface area contributed by atoms with Crippen LogP contribution in [0.15, 0.2) is 30.3 Å². The number of carbonyl (C=O) groups is 2. The number of hydrogen-bond donors (Lipinski definition) is 4. The van der Waals surface area contributed by atoms with Crippen molar-refractivity contribution in [1.82, 2.24) is 20.1 Å². The molecule has 0 radical (unpaired) electrons. The SMILES string of the molecule is COc1c(C)cc2c(c1O)[C@H]1[C@@H]3[C@@H]4SC[C@]5(N[C@H](C)Cc6c5[nH]c5ccccc65)C(=O)OC[C@@H](c5c6c(c(C)c(OC(C)=O)c54)OCO6)N3C(O)(C2)CN1C. The van der Waals surface area contributed by atoms with E-state index in [9.17, 15) is 19.8 Å². The van der Waals surface area contributed by atoms with Crippen molar-refractivity contribution in [3.63, 3.8) is 0 Å². The van der Waals surface area contributed by atoms with E-state index in [1.54, 1.807) is 18.9 Å². The molecule has 4 N–H and O–H groups in total. The minimum absolute atomic E-state index is 0.0362. The topological polar surface area (TPSA) is 155 Å². The van der Waals surface area contributed by atoms with Crippen LogP contribution in [0.1, 0.15) is 75.8 Å². The maximum absolute atomic E-state index is 15.0. The molecule has 8 aliphatic rings. The highest BCUT2D eigenvalue weighted by Crippen LogP contribution is 2.65. The molecule has 2 fully saturated rings. The number of hydrogen-bond acceptors (Lipinski definition) is 13. The molecule has 8 atom stereocenters. The molecule has 2 unspecified atom stereocenters. The maximum Gasteiger partial charge on any atom is 0.333 e. The van der Waals surface area contributed by atoms with E-state index < -0.39 is 46.6 Å². The number of aromatic nitrogens is 1. The van der Waals surface area contributed by atoms with Gasteiger partial charge in [-0.2, -0.15) is 0 Å². The summed E-state index contributed by atoms with van der Waals surface area (Å²) in [5.41, 5.74) is 4.30. The van der Waals surface area contributed by atoms with Crippen LogP contribution in [0.3, 0.4) is 0 Å². The molecule has 0 aliphatic carbocycles. The number of phenols is 1. The van der Waals surface area contributed by atoms with Gasteiger partial charge in [0.15, 0.2) is 28.5 Å². The number of phenolic OH excluding ortho intramolecular Hbond substituents is 1. The zero-order valence-electron chi connectivity index (χ0n) is 31.6. The minimum atomic E-state index is -1.49. The lowest BCUT2D eigenvalue weighted by molar-refractivity contribution is -0.215. The lowest BCUT2D eigenvalue weighted by Gasteiger charge is -2.60. The van der Waals surface area contributed by atoms with Crippen molar-refractivity contribution in [3.05, 3.63) is 75.0 Å². The number of thioether (sulfide) groups is 1. The Kier molecular flexibility index (Phi) is 7.64. The highest BCUT2D eigenvalue weighted by Gasteiger charge is 2.64. The first kappa shape index (κ1) is 35.0. The van der Waals surface area contributed by atoms with Gasteiger partial charge in [0.1, 0.15) is 18.1 Å². The number of nitrogens with zero attached hydrogens (tertiary/aromatic N) is 2. The van der Waals surface area contributed by atoms with Crippen molar-refractivity contribution in [2.45, 2.75) is 81.2 Å². The molecule has 14 heteroatoms. The predicted octanol–water partition coefficient (Wildman–Crippen LogP) is 4.57. The Bertz CT molecular complexity index is 2350. The second kappa shape index (κ2) is 12.0. The Balaban J connectivity index is 1.26. The smallest absolute Gasteiger partial charge is 0.333 e. The number of rotatable bonds is 2. The average Bonchev–Trinajstić information content (AvgIpc) is 3.73. The van der Waals surface area contributed by atoms with Gasteiger partial charge in [-0.25, -0.2) is 4.79 Å². The molecule has 288 valence electrons. The number of esters is 2. The number of aromatic amines is 1. The molecule has 1 spiro atoms. The molecule has 55 heavy (non-hydrogen) atoms. The van der Waals surface area contributed by atoms with Gasteiger partial charge in [-0.05, 0) is 57.0 Å². The molecule has 0 saturated carbocycles. The van der Waals surface area contributed by atoms with Gasteiger partial charge in [-0.1, -0.05) is 24.3 Å². The molecule has 0 amide bonds. The van der Waals surface area contributed by atoms with Crippen molar-refractivity contribution in [3.8, 4) is 28.7 Å². The van der Waals surface area contributed by atoms with Crippen LogP contribution in [0.2, 0.25) is 0 Å². The fourth-order valence-corrected chi connectivity index (χ4v) is 12.5. The van der Waals surface area contributed by atoms with Gasteiger partial charge in [-0.3, -0.25) is 19.9 Å². The fourth-order valence-electron chi connectivity index (χ4n) is 10.8. The summed E-state index contributed by atoms with van der Waals surface area (Å²) >= 11 is 1.55. The van der Waals surface area contributed by atoms with Crippen LogP contribution in [-0.2, 0) is 32.7 Å². The third kappa shape index (κ3) is 4.69. The van der Waals surface area contributed by atoms with Crippen LogP contribution in [0.5, 0.6) is 28.7 Å². The van der Waals surface area contributed by atoms with Crippen LogP contribution in [0.4, 0.5) is 0 Å². The predicted molar refractivity (Wildman–Crippen MR) is 203 cm³/mol. The molecule has 13 nitrogen and oxygen atoms in total. The average molecular weight is 769 g/mol. The number of para-hydroxylation sites is 1. The standard InChI is InChI=1S/C41H44N4O9S/c1-18-11-22-13-40(49)15-44(5)30(27(22)32(47)33(18)50-6)31-37-29-28(36-35(52-17-53-36)20(3)34(29)54-21(4)46)26(45(31)40)14-51-39(48)41(16-55-37)38-24(12-19(2)43-41)23-9-7-8-10-25(23)42-38/h7-11,19,26,30-31,37,42-43,47,49H,12-17H2,1-6H3/t19-,26+,30+,31-,37-,40?,41-/m1/s1. The van der Waals surface area contributed by atoms with Crippen LogP contribution >= 0.6 is 11.8 Å². The lowest BCUT2D eigenvalue weighted by Crippen LogP contribution is -2.70. The number of H-pyrrole nitrogens is 1. The van der Waals surface area contributed by atoms with Gasteiger partial charge >= 0.3 is 11.9 Å². The number of aryl methyl sites for hydroxylation is 1. The summed E-state index contributed by atoms with van der Waals surface area (Å²) in [7, 11) is 3.51. The molecule has 1 aromatic heterocycles. The van der Waals surface area contributed by atoms with Gasteiger partial charge in [0, 0.05) is 70.9 Å². The Labute approximate surface area is 322 Å². The van der Waals surface area contributed by atoms with Gasteiger partial charge in [0.25, 0.3) is 0 Å². The maximum atomic E-state index is 15.0. The third-order valence-corrected chi connectivity index (χ3v) is 14.1. The monoisotopic (exact) mass is 768 g/mol. The number of carbonyl (C=O) groups excluding carboxylic acids is 2. The van der Waals surface area contributed by atoms with E-state index in [0.29, 0.717) is 39.7 Å².